The first-order valence-electron chi connectivity index (χ1n) is 6.30. The first-order chi connectivity index (χ1) is 9.88. The third kappa shape index (κ3) is 2.58. The summed E-state index contributed by atoms with van der Waals surface area (Å²) in [7, 11) is 0. The van der Waals surface area contributed by atoms with Crippen molar-refractivity contribution in [1.82, 2.24) is 15.0 Å². The highest BCUT2D eigenvalue weighted by molar-refractivity contribution is 8.13. The predicted octanol–water partition coefficient (Wildman–Crippen LogP) is 3.20. The molecule has 4 nitrogen and oxygen atoms in total. The molecule has 0 unspecified atom stereocenters. The summed E-state index contributed by atoms with van der Waals surface area (Å²) in [5.74, 6) is 0. The molecule has 0 aliphatic carbocycles. The van der Waals surface area contributed by atoms with E-state index in [0.717, 1.165) is 21.6 Å². The van der Waals surface area contributed by atoms with Crippen molar-refractivity contribution < 1.29 is 0 Å². The van der Waals surface area contributed by atoms with Crippen LogP contribution in [0.15, 0.2) is 59.6 Å². The van der Waals surface area contributed by atoms with Crippen LogP contribution in [-0.2, 0) is 6.67 Å². The van der Waals surface area contributed by atoms with Gasteiger partial charge in [0.25, 0.3) is 0 Å². The molecule has 2 aromatic carbocycles. The van der Waals surface area contributed by atoms with Crippen molar-refractivity contribution in [3.05, 3.63) is 60.2 Å². The fourth-order valence-corrected chi connectivity index (χ4v) is 2.57. The molecule has 0 fully saturated rings. The largest absolute Gasteiger partial charge is 0.254 e. The van der Waals surface area contributed by atoms with E-state index in [4.69, 9.17) is 0 Å². The van der Waals surface area contributed by atoms with Crippen LogP contribution >= 0.6 is 11.8 Å². The lowest BCUT2D eigenvalue weighted by Crippen LogP contribution is -2.02. The number of benzene rings is 2. The summed E-state index contributed by atoms with van der Waals surface area (Å²) < 4.78 is 1.81. The van der Waals surface area contributed by atoms with Gasteiger partial charge in [0.15, 0.2) is 0 Å². The Labute approximate surface area is 121 Å². The van der Waals surface area contributed by atoms with Gasteiger partial charge in [-0.25, -0.2) is 4.68 Å². The molecule has 3 rings (SSSR count). The maximum absolute atomic E-state index is 4.65. The van der Waals surface area contributed by atoms with Gasteiger partial charge in [-0.05, 0) is 18.4 Å². The average molecular weight is 282 g/mol. The van der Waals surface area contributed by atoms with Crippen LogP contribution in [0.1, 0.15) is 5.56 Å². The summed E-state index contributed by atoms with van der Waals surface area (Å²) in [5.41, 5.74) is 3.03. The van der Waals surface area contributed by atoms with Crippen molar-refractivity contribution in [2.75, 3.05) is 6.26 Å². The van der Waals surface area contributed by atoms with Crippen LogP contribution in [0.3, 0.4) is 0 Å². The van der Waals surface area contributed by atoms with Crippen molar-refractivity contribution in [3.63, 3.8) is 0 Å². The number of rotatable bonds is 3. The highest BCUT2D eigenvalue weighted by atomic mass is 32.2. The summed E-state index contributed by atoms with van der Waals surface area (Å²) in [6, 6.07) is 18.1. The first kappa shape index (κ1) is 12.9. The quantitative estimate of drug-likeness (QED) is 0.547. The molecule has 0 saturated heterocycles. The Morgan fingerprint density at radius 3 is 2.65 bits per heavy atom. The van der Waals surface area contributed by atoms with Crippen LogP contribution in [0.4, 0.5) is 0 Å². The van der Waals surface area contributed by atoms with Crippen LogP contribution < -0.4 is 0 Å². The number of nitrogens with zero attached hydrogens (tertiary/aromatic N) is 4. The molecule has 1 aromatic heterocycles. The monoisotopic (exact) mass is 282 g/mol. The Bertz CT molecular complexity index is 734. The molecule has 0 amide bonds. The van der Waals surface area contributed by atoms with Gasteiger partial charge in [-0.1, -0.05) is 47.7 Å². The van der Waals surface area contributed by atoms with Gasteiger partial charge < -0.3 is 0 Å². The van der Waals surface area contributed by atoms with Gasteiger partial charge in [0.1, 0.15) is 12.2 Å². The summed E-state index contributed by atoms with van der Waals surface area (Å²) in [4.78, 5) is 4.65. The summed E-state index contributed by atoms with van der Waals surface area (Å²) in [6.07, 6.45) is 2.03. The molecule has 0 spiro atoms. The topological polar surface area (TPSA) is 43.1 Å². The van der Waals surface area contributed by atoms with E-state index < -0.39 is 0 Å². The molecule has 0 N–H and O–H groups in total. The molecular formula is C15H14N4S. The molecular weight excluding hydrogens is 268 g/mol. The Hall–Kier alpha value is -2.14. The number of para-hydroxylation sites is 1. The second-order valence-corrected chi connectivity index (χ2v) is 5.05. The van der Waals surface area contributed by atoms with Crippen LogP contribution in [0.25, 0.3) is 11.0 Å². The van der Waals surface area contributed by atoms with E-state index in [1.807, 2.05) is 53.4 Å². The highest BCUT2D eigenvalue weighted by Crippen LogP contribution is 2.13. The van der Waals surface area contributed by atoms with Crippen LogP contribution in [-0.4, -0.2) is 26.3 Å². The Kier molecular flexibility index (Phi) is 3.78. The van der Waals surface area contributed by atoms with Gasteiger partial charge in [0.2, 0.25) is 0 Å². The van der Waals surface area contributed by atoms with E-state index in [-0.39, 0.29) is 0 Å². The second-order valence-electron chi connectivity index (χ2n) is 4.25. The Morgan fingerprint density at radius 1 is 1.10 bits per heavy atom. The van der Waals surface area contributed by atoms with Gasteiger partial charge in [-0.2, -0.15) is 0 Å². The number of hydrogen-bond donors (Lipinski definition) is 0. The van der Waals surface area contributed by atoms with E-state index in [1.54, 1.807) is 11.8 Å². The maximum Gasteiger partial charge on any atom is 0.135 e. The Balaban J connectivity index is 1.89. The lowest BCUT2D eigenvalue weighted by molar-refractivity contribution is 0.630. The van der Waals surface area contributed by atoms with Gasteiger partial charge in [-0.3, -0.25) is 4.99 Å². The van der Waals surface area contributed by atoms with Crippen LogP contribution in [0, 0.1) is 0 Å². The summed E-state index contributed by atoms with van der Waals surface area (Å²) in [6.45, 7) is 0.478. The first-order valence-corrected chi connectivity index (χ1v) is 7.53. The van der Waals surface area contributed by atoms with Crippen LogP contribution in [0.2, 0.25) is 0 Å². The van der Waals surface area contributed by atoms with Crippen molar-refractivity contribution in [2.24, 2.45) is 4.99 Å². The van der Waals surface area contributed by atoms with Gasteiger partial charge in [0.05, 0.1) is 10.6 Å². The number of hydrogen-bond acceptors (Lipinski definition) is 4. The molecule has 0 aliphatic rings. The smallest absolute Gasteiger partial charge is 0.135 e. The number of fused-ring (bicyclic) bond motifs is 1. The molecule has 0 saturated carbocycles. The average Bonchev–Trinajstić information content (AvgIpc) is 2.92. The number of aliphatic imine (C=N–C) groups is 1. The second kappa shape index (κ2) is 5.88. The zero-order valence-electron chi connectivity index (χ0n) is 11.1. The summed E-state index contributed by atoms with van der Waals surface area (Å²) in [5, 5.41) is 9.28. The molecule has 0 atom stereocenters. The number of thioether (sulfide) groups is 1. The van der Waals surface area contributed by atoms with Gasteiger partial charge >= 0.3 is 0 Å². The SMILES string of the molecule is CS/C(=N/Cn1nnc2ccccc21)c1ccccc1. The molecule has 3 aromatic rings. The lowest BCUT2D eigenvalue weighted by Gasteiger charge is -2.04. The minimum atomic E-state index is 0.478. The zero-order valence-corrected chi connectivity index (χ0v) is 11.9. The Morgan fingerprint density at radius 2 is 1.85 bits per heavy atom. The summed E-state index contributed by atoms with van der Waals surface area (Å²) >= 11 is 1.64. The third-order valence-electron chi connectivity index (χ3n) is 2.98. The fourth-order valence-electron chi connectivity index (χ4n) is 2.01. The molecule has 0 bridgehead atoms. The standard InChI is InChI=1S/C15H14N4S/c1-20-15(12-7-3-2-4-8-12)16-11-19-14-10-6-5-9-13(14)17-18-19/h2-10H,11H2,1H3/b16-15+. The molecule has 5 heteroatoms. The van der Waals surface area contributed by atoms with E-state index in [9.17, 15) is 0 Å². The van der Waals surface area contributed by atoms with E-state index >= 15 is 0 Å². The zero-order chi connectivity index (χ0) is 13.8. The van der Waals surface area contributed by atoms with Crippen molar-refractivity contribution >= 4 is 27.8 Å². The van der Waals surface area contributed by atoms with E-state index in [0.29, 0.717) is 6.67 Å². The third-order valence-corrected chi connectivity index (χ3v) is 3.73. The van der Waals surface area contributed by atoms with Gasteiger partial charge in [0, 0.05) is 5.56 Å². The van der Waals surface area contributed by atoms with Gasteiger partial charge in [-0.15, -0.1) is 16.9 Å². The van der Waals surface area contributed by atoms with Crippen LogP contribution in [0.5, 0.6) is 0 Å². The van der Waals surface area contributed by atoms with E-state index in [2.05, 4.69) is 27.4 Å². The molecule has 1 heterocycles. The minimum Gasteiger partial charge on any atom is -0.254 e. The molecule has 0 aliphatic heterocycles. The highest BCUT2D eigenvalue weighted by Gasteiger charge is 2.04. The predicted molar refractivity (Wildman–Crippen MR) is 84.0 cm³/mol. The molecule has 100 valence electrons. The molecule has 20 heavy (non-hydrogen) atoms. The van der Waals surface area contributed by atoms with Crippen molar-refractivity contribution in [1.29, 1.82) is 0 Å². The number of aromatic nitrogens is 3. The minimum absolute atomic E-state index is 0.478. The van der Waals surface area contributed by atoms with E-state index in [1.165, 1.54) is 0 Å². The lowest BCUT2D eigenvalue weighted by atomic mass is 10.2. The fraction of sp³-hybridized carbons (Fsp3) is 0.133. The van der Waals surface area contributed by atoms with Crippen molar-refractivity contribution in [2.45, 2.75) is 6.67 Å². The molecule has 0 radical (unpaired) electrons. The van der Waals surface area contributed by atoms with Crippen molar-refractivity contribution in [3.8, 4) is 0 Å². The maximum atomic E-state index is 4.65. The normalized spacial score (nSPS) is 11.9.